The molecule has 0 aromatic carbocycles. The number of hydrogen-bond donors (Lipinski definition) is 1. The smallest absolute Gasteiger partial charge is 0.303 e. The molecule has 0 aliphatic carbocycles. The topological polar surface area (TPSA) is 65.0 Å². The quantitative estimate of drug-likeness (QED) is 0.628. The molecule has 0 amide bonds. The minimum atomic E-state index is -1.19. The van der Waals surface area contributed by atoms with Crippen molar-refractivity contribution < 1.29 is 24.1 Å². The van der Waals surface area contributed by atoms with Gasteiger partial charge in [0.25, 0.3) is 0 Å². The lowest BCUT2D eigenvalue weighted by Crippen LogP contribution is -2.48. The maximum atomic E-state index is 11.1. The molecule has 0 unspecified atom stereocenters. The molecule has 0 aromatic heterocycles. The summed E-state index contributed by atoms with van der Waals surface area (Å²) < 4.78 is 16.7. The Morgan fingerprint density at radius 2 is 2.05 bits per heavy atom. The highest BCUT2D eigenvalue weighted by atomic mass is 28.3. The number of aliphatic hydroxyl groups is 1. The third-order valence-corrected chi connectivity index (χ3v) is 4.35. The van der Waals surface area contributed by atoms with E-state index < -0.39 is 33.1 Å². The van der Waals surface area contributed by atoms with Gasteiger partial charge in [0, 0.05) is 6.92 Å². The second-order valence-corrected chi connectivity index (χ2v) is 9.25. The lowest BCUT2D eigenvalue weighted by atomic mass is 10.1. The predicted molar refractivity (Wildman–Crippen MR) is 79.1 cm³/mol. The SMILES string of the molecule is CC(=O)O[C@@H]1C=C([SiH](C)C)O[C@H](COC(C)(C)C)[C@H]1O. The summed E-state index contributed by atoms with van der Waals surface area (Å²) in [4.78, 5) is 11.1. The fourth-order valence-electron chi connectivity index (χ4n) is 1.84. The van der Waals surface area contributed by atoms with Crippen LogP contribution in [0.2, 0.25) is 13.1 Å². The van der Waals surface area contributed by atoms with Gasteiger partial charge in [-0.2, -0.15) is 0 Å². The third kappa shape index (κ3) is 5.26. The number of esters is 1. The van der Waals surface area contributed by atoms with Gasteiger partial charge in [-0.15, -0.1) is 0 Å². The first kappa shape index (κ1) is 17.2. The normalized spacial score (nSPS) is 27.0. The van der Waals surface area contributed by atoms with Crippen LogP contribution in [0.15, 0.2) is 11.5 Å². The summed E-state index contributed by atoms with van der Waals surface area (Å²) >= 11 is 0. The highest BCUT2D eigenvalue weighted by molar-refractivity contribution is 6.63. The molecule has 116 valence electrons. The summed E-state index contributed by atoms with van der Waals surface area (Å²) in [5.41, 5.74) is -0.309. The lowest BCUT2D eigenvalue weighted by molar-refractivity contribution is -0.162. The van der Waals surface area contributed by atoms with Gasteiger partial charge in [-0.3, -0.25) is 4.79 Å². The van der Waals surface area contributed by atoms with Crippen LogP contribution in [0.3, 0.4) is 0 Å². The Kier molecular flexibility index (Phi) is 5.79. The standard InChI is InChI=1S/C14H26O5Si/c1-9(15)18-10-7-12(20(5)6)19-11(13(10)16)8-17-14(2,3)4/h7,10-11,13,16,20H,8H2,1-6H3/t10-,11-,13+/m1/s1. The van der Waals surface area contributed by atoms with Gasteiger partial charge in [-0.1, -0.05) is 13.1 Å². The summed E-state index contributed by atoms with van der Waals surface area (Å²) in [5.74, 6) is -0.410. The van der Waals surface area contributed by atoms with Gasteiger partial charge < -0.3 is 19.3 Å². The molecule has 0 spiro atoms. The maximum Gasteiger partial charge on any atom is 0.303 e. The van der Waals surface area contributed by atoms with E-state index >= 15 is 0 Å². The van der Waals surface area contributed by atoms with Crippen LogP contribution in [0.25, 0.3) is 0 Å². The van der Waals surface area contributed by atoms with Gasteiger partial charge in [0.1, 0.15) is 14.9 Å². The van der Waals surface area contributed by atoms with E-state index in [9.17, 15) is 9.90 Å². The minimum absolute atomic E-state index is 0.265. The molecule has 0 bridgehead atoms. The Bertz CT molecular complexity index is 372. The van der Waals surface area contributed by atoms with E-state index in [2.05, 4.69) is 13.1 Å². The lowest BCUT2D eigenvalue weighted by Gasteiger charge is -2.36. The predicted octanol–water partition coefficient (Wildman–Crippen LogP) is 1.40. The van der Waals surface area contributed by atoms with Crippen molar-refractivity contribution in [1.82, 2.24) is 0 Å². The van der Waals surface area contributed by atoms with Crippen molar-refractivity contribution >= 4 is 14.8 Å². The summed E-state index contributed by atoms with van der Waals surface area (Å²) in [6.45, 7) is 11.7. The molecule has 0 aromatic rings. The minimum Gasteiger partial charge on any atom is -0.495 e. The second kappa shape index (κ2) is 6.73. The van der Waals surface area contributed by atoms with E-state index in [1.807, 2.05) is 20.8 Å². The monoisotopic (exact) mass is 302 g/mol. The molecular formula is C14H26O5Si. The molecule has 1 rings (SSSR count). The number of carbonyl (C=O) groups is 1. The van der Waals surface area contributed by atoms with Crippen LogP contribution in [-0.2, 0) is 19.0 Å². The third-order valence-electron chi connectivity index (χ3n) is 2.89. The van der Waals surface area contributed by atoms with Crippen molar-refractivity contribution in [3.8, 4) is 0 Å². The van der Waals surface area contributed by atoms with E-state index in [0.717, 1.165) is 5.38 Å². The van der Waals surface area contributed by atoms with Crippen LogP contribution >= 0.6 is 0 Å². The molecule has 20 heavy (non-hydrogen) atoms. The van der Waals surface area contributed by atoms with Gasteiger partial charge in [-0.25, -0.2) is 0 Å². The van der Waals surface area contributed by atoms with Crippen molar-refractivity contribution in [3.63, 3.8) is 0 Å². The zero-order valence-corrected chi connectivity index (χ0v) is 14.3. The second-order valence-electron chi connectivity index (χ2n) is 6.37. The van der Waals surface area contributed by atoms with Crippen LogP contribution in [0.5, 0.6) is 0 Å². The molecule has 0 saturated heterocycles. The molecule has 3 atom stereocenters. The molecular weight excluding hydrogens is 276 g/mol. The highest BCUT2D eigenvalue weighted by Crippen LogP contribution is 2.24. The van der Waals surface area contributed by atoms with Gasteiger partial charge in [0.05, 0.1) is 17.6 Å². The van der Waals surface area contributed by atoms with E-state index in [0.29, 0.717) is 0 Å². The highest BCUT2D eigenvalue weighted by Gasteiger charge is 2.37. The number of aliphatic hydroxyl groups excluding tert-OH is 1. The van der Waals surface area contributed by atoms with E-state index in [4.69, 9.17) is 14.2 Å². The van der Waals surface area contributed by atoms with Crippen molar-refractivity contribution in [2.75, 3.05) is 6.61 Å². The van der Waals surface area contributed by atoms with Gasteiger partial charge in [0.2, 0.25) is 0 Å². The fraction of sp³-hybridized carbons (Fsp3) is 0.786. The van der Waals surface area contributed by atoms with E-state index in [-0.39, 0.29) is 12.2 Å². The molecule has 6 heteroatoms. The van der Waals surface area contributed by atoms with Crippen LogP contribution in [-0.4, -0.2) is 50.4 Å². The number of ether oxygens (including phenoxy) is 3. The van der Waals surface area contributed by atoms with E-state index in [1.54, 1.807) is 6.08 Å². The average Bonchev–Trinajstić information content (AvgIpc) is 2.28. The van der Waals surface area contributed by atoms with Crippen molar-refractivity contribution in [2.24, 2.45) is 0 Å². The van der Waals surface area contributed by atoms with Gasteiger partial charge in [-0.05, 0) is 26.8 Å². The van der Waals surface area contributed by atoms with Crippen LogP contribution in [0, 0.1) is 0 Å². The van der Waals surface area contributed by atoms with Crippen LogP contribution in [0.4, 0.5) is 0 Å². The van der Waals surface area contributed by atoms with Crippen molar-refractivity contribution in [1.29, 1.82) is 0 Å². The number of carbonyl (C=O) groups excluding carboxylic acids is 1. The molecule has 0 fully saturated rings. The zero-order valence-electron chi connectivity index (χ0n) is 13.2. The summed E-state index contributed by atoms with van der Waals surface area (Å²) in [6, 6.07) is 0. The number of rotatable bonds is 4. The molecule has 1 heterocycles. The fourth-order valence-corrected chi connectivity index (χ4v) is 2.87. The molecule has 0 saturated carbocycles. The largest absolute Gasteiger partial charge is 0.495 e. The Morgan fingerprint density at radius 1 is 1.45 bits per heavy atom. The van der Waals surface area contributed by atoms with Crippen LogP contribution in [0.1, 0.15) is 27.7 Å². The molecule has 0 radical (unpaired) electrons. The Balaban J connectivity index is 2.81. The first-order chi connectivity index (χ1) is 9.10. The van der Waals surface area contributed by atoms with Gasteiger partial charge >= 0.3 is 5.97 Å². The maximum absolute atomic E-state index is 11.1. The summed E-state index contributed by atoms with van der Waals surface area (Å²) in [7, 11) is -1.19. The first-order valence-electron chi connectivity index (χ1n) is 6.98. The number of hydrogen-bond acceptors (Lipinski definition) is 5. The molecule has 1 N–H and O–H groups in total. The Labute approximate surface area is 122 Å². The summed E-state index contributed by atoms with van der Waals surface area (Å²) in [5, 5.41) is 11.1. The van der Waals surface area contributed by atoms with Crippen molar-refractivity contribution in [3.05, 3.63) is 11.5 Å². The van der Waals surface area contributed by atoms with Crippen molar-refractivity contribution in [2.45, 2.75) is 64.7 Å². The zero-order chi connectivity index (χ0) is 15.5. The summed E-state index contributed by atoms with van der Waals surface area (Å²) in [6.07, 6.45) is -0.331. The average molecular weight is 302 g/mol. The Morgan fingerprint density at radius 3 is 2.50 bits per heavy atom. The first-order valence-corrected chi connectivity index (χ1v) is 9.86. The van der Waals surface area contributed by atoms with E-state index in [1.165, 1.54) is 6.92 Å². The Hall–Kier alpha value is -0.853. The molecule has 1 aliphatic rings. The van der Waals surface area contributed by atoms with Crippen LogP contribution < -0.4 is 0 Å². The molecule has 1 aliphatic heterocycles. The van der Waals surface area contributed by atoms with Gasteiger partial charge in [0.15, 0.2) is 12.2 Å². The molecule has 5 nitrogen and oxygen atoms in total.